The first kappa shape index (κ1) is 14.6. The van der Waals surface area contributed by atoms with Gasteiger partial charge >= 0.3 is 0 Å². The van der Waals surface area contributed by atoms with Gasteiger partial charge in [-0.05, 0) is 43.2 Å². The second kappa shape index (κ2) is 5.30. The van der Waals surface area contributed by atoms with Crippen molar-refractivity contribution in [3.63, 3.8) is 0 Å². The number of sulfonamides is 1. The first-order valence-corrected chi connectivity index (χ1v) is 7.67. The second-order valence-electron chi connectivity index (χ2n) is 4.43. The van der Waals surface area contributed by atoms with Gasteiger partial charge in [0.1, 0.15) is 0 Å². The van der Waals surface area contributed by atoms with E-state index < -0.39 is 10.0 Å². The number of nitrogen functional groups attached to an aromatic ring is 1. The summed E-state index contributed by atoms with van der Waals surface area (Å²) in [6, 6.07) is 6.35. The molecule has 0 bridgehead atoms. The maximum Gasteiger partial charge on any atom is 0.262 e. The molecule has 0 amide bonds. The summed E-state index contributed by atoms with van der Waals surface area (Å²) in [4.78, 5) is 4.03. The smallest absolute Gasteiger partial charge is 0.262 e. The van der Waals surface area contributed by atoms with E-state index in [1.54, 1.807) is 38.2 Å². The maximum atomic E-state index is 12.4. The number of nitrogens with one attached hydrogen (secondary N) is 1. The highest BCUT2D eigenvalue weighted by Gasteiger charge is 2.19. The fourth-order valence-electron chi connectivity index (χ4n) is 1.75. The number of nitrogens with zero attached hydrogens (tertiary/aromatic N) is 1. The van der Waals surface area contributed by atoms with Crippen LogP contribution >= 0.6 is 11.6 Å². The third-order valence-corrected chi connectivity index (χ3v) is 4.65. The van der Waals surface area contributed by atoms with Crippen LogP contribution in [0, 0.1) is 13.8 Å². The first-order valence-electron chi connectivity index (χ1n) is 5.81. The Bertz CT molecular complexity index is 760. The quantitative estimate of drug-likeness (QED) is 0.674. The number of hydrogen-bond donors (Lipinski definition) is 2. The predicted molar refractivity (Wildman–Crippen MR) is 80.4 cm³/mol. The standard InChI is InChI=1S/C13H14ClN3O2S/c1-8-6-11(13(14)16-7-8)17-20(18,19)12-5-3-4-10(15)9(12)2/h3-7,17H,15H2,1-2H3. The highest BCUT2D eigenvalue weighted by Crippen LogP contribution is 2.26. The summed E-state index contributed by atoms with van der Waals surface area (Å²) in [6.45, 7) is 3.45. The van der Waals surface area contributed by atoms with E-state index in [1.165, 1.54) is 6.07 Å². The minimum absolute atomic E-state index is 0.0979. The van der Waals surface area contributed by atoms with Crippen LogP contribution in [0.25, 0.3) is 0 Å². The summed E-state index contributed by atoms with van der Waals surface area (Å²) in [5.41, 5.74) is 7.70. The van der Waals surface area contributed by atoms with Gasteiger partial charge in [-0.25, -0.2) is 13.4 Å². The molecule has 0 saturated heterocycles. The van der Waals surface area contributed by atoms with Gasteiger partial charge in [-0.3, -0.25) is 4.72 Å². The molecule has 0 unspecified atom stereocenters. The lowest BCUT2D eigenvalue weighted by atomic mass is 10.2. The number of aromatic nitrogens is 1. The van der Waals surface area contributed by atoms with E-state index in [0.29, 0.717) is 11.3 Å². The monoisotopic (exact) mass is 311 g/mol. The molecule has 0 aliphatic rings. The molecule has 0 aliphatic heterocycles. The molecule has 1 heterocycles. The van der Waals surface area contributed by atoms with E-state index in [2.05, 4.69) is 9.71 Å². The second-order valence-corrected chi connectivity index (χ2v) is 6.44. The molecule has 0 radical (unpaired) electrons. The van der Waals surface area contributed by atoms with Crippen LogP contribution in [-0.4, -0.2) is 13.4 Å². The molecule has 7 heteroatoms. The van der Waals surface area contributed by atoms with Gasteiger partial charge in [-0.15, -0.1) is 0 Å². The summed E-state index contributed by atoms with van der Waals surface area (Å²) >= 11 is 5.90. The SMILES string of the molecule is Cc1cnc(Cl)c(NS(=O)(=O)c2cccc(N)c2C)c1. The Hall–Kier alpha value is -1.79. The number of pyridine rings is 1. The highest BCUT2D eigenvalue weighted by molar-refractivity contribution is 7.92. The number of benzene rings is 1. The van der Waals surface area contributed by atoms with Gasteiger partial charge in [0.15, 0.2) is 5.15 Å². The number of halogens is 1. The van der Waals surface area contributed by atoms with E-state index in [9.17, 15) is 8.42 Å². The minimum Gasteiger partial charge on any atom is -0.398 e. The molecule has 3 N–H and O–H groups in total. The third kappa shape index (κ3) is 2.86. The predicted octanol–water partition coefficient (Wildman–Crippen LogP) is 2.73. The summed E-state index contributed by atoms with van der Waals surface area (Å²) < 4.78 is 27.2. The van der Waals surface area contributed by atoms with Gasteiger partial charge < -0.3 is 5.73 Å². The highest BCUT2D eigenvalue weighted by atomic mass is 35.5. The largest absolute Gasteiger partial charge is 0.398 e. The van der Waals surface area contributed by atoms with Crippen LogP contribution in [-0.2, 0) is 10.0 Å². The Kier molecular flexibility index (Phi) is 3.87. The Balaban J connectivity index is 2.46. The van der Waals surface area contributed by atoms with Crippen molar-refractivity contribution in [1.29, 1.82) is 0 Å². The van der Waals surface area contributed by atoms with Crippen LogP contribution < -0.4 is 10.5 Å². The average Bonchev–Trinajstić information content (AvgIpc) is 2.36. The molecule has 2 aromatic rings. The van der Waals surface area contributed by atoms with Gasteiger partial charge in [-0.1, -0.05) is 17.7 Å². The fraction of sp³-hybridized carbons (Fsp3) is 0.154. The van der Waals surface area contributed by atoms with E-state index >= 15 is 0 Å². The molecular formula is C13H14ClN3O2S. The molecule has 106 valence electrons. The van der Waals surface area contributed by atoms with Crippen molar-refractivity contribution in [2.75, 3.05) is 10.5 Å². The Morgan fingerprint density at radius 1 is 1.30 bits per heavy atom. The van der Waals surface area contributed by atoms with Crippen molar-refractivity contribution in [3.05, 3.63) is 46.7 Å². The van der Waals surface area contributed by atoms with Crippen LogP contribution in [0.4, 0.5) is 11.4 Å². The normalized spacial score (nSPS) is 11.3. The molecule has 0 spiro atoms. The molecule has 20 heavy (non-hydrogen) atoms. The lowest BCUT2D eigenvalue weighted by molar-refractivity contribution is 0.600. The molecule has 0 fully saturated rings. The van der Waals surface area contributed by atoms with Gasteiger partial charge in [0.05, 0.1) is 10.6 Å². The molecular weight excluding hydrogens is 298 g/mol. The molecule has 1 aromatic heterocycles. The fourth-order valence-corrected chi connectivity index (χ4v) is 3.29. The summed E-state index contributed by atoms with van der Waals surface area (Å²) in [7, 11) is -3.76. The van der Waals surface area contributed by atoms with E-state index in [0.717, 1.165) is 5.56 Å². The Labute approximate surface area is 122 Å². The van der Waals surface area contributed by atoms with Crippen LogP contribution in [0.3, 0.4) is 0 Å². The number of aryl methyl sites for hydroxylation is 1. The summed E-state index contributed by atoms with van der Waals surface area (Å²) in [6.07, 6.45) is 1.56. The molecule has 2 rings (SSSR count). The van der Waals surface area contributed by atoms with Gasteiger partial charge in [0.2, 0.25) is 0 Å². The number of hydrogen-bond acceptors (Lipinski definition) is 4. The number of nitrogens with two attached hydrogens (primary N) is 1. The van der Waals surface area contributed by atoms with Crippen LogP contribution in [0.1, 0.15) is 11.1 Å². The topological polar surface area (TPSA) is 85.1 Å². The zero-order chi connectivity index (χ0) is 14.9. The van der Waals surface area contributed by atoms with E-state index in [-0.39, 0.29) is 15.7 Å². The molecule has 0 saturated carbocycles. The van der Waals surface area contributed by atoms with Crippen molar-refractivity contribution in [3.8, 4) is 0 Å². The van der Waals surface area contributed by atoms with Gasteiger partial charge in [0.25, 0.3) is 10.0 Å². The zero-order valence-electron chi connectivity index (χ0n) is 11.0. The number of anilines is 2. The molecule has 0 atom stereocenters. The molecule has 0 aliphatic carbocycles. The van der Waals surface area contributed by atoms with Crippen molar-refractivity contribution in [1.82, 2.24) is 4.98 Å². The van der Waals surface area contributed by atoms with Crippen molar-refractivity contribution in [2.24, 2.45) is 0 Å². The first-order chi connectivity index (χ1) is 9.31. The third-order valence-electron chi connectivity index (χ3n) is 2.84. The lowest BCUT2D eigenvalue weighted by Gasteiger charge is -2.12. The van der Waals surface area contributed by atoms with Gasteiger partial charge in [-0.2, -0.15) is 0 Å². The maximum absolute atomic E-state index is 12.4. The Morgan fingerprint density at radius 3 is 2.70 bits per heavy atom. The summed E-state index contributed by atoms with van der Waals surface area (Å²) in [5.74, 6) is 0. The number of rotatable bonds is 3. The summed E-state index contributed by atoms with van der Waals surface area (Å²) in [5, 5.41) is 0.0979. The van der Waals surface area contributed by atoms with Crippen LogP contribution in [0.5, 0.6) is 0 Å². The van der Waals surface area contributed by atoms with Crippen molar-refractivity contribution in [2.45, 2.75) is 18.7 Å². The lowest BCUT2D eigenvalue weighted by Crippen LogP contribution is -2.15. The van der Waals surface area contributed by atoms with E-state index in [4.69, 9.17) is 17.3 Å². The average molecular weight is 312 g/mol. The van der Waals surface area contributed by atoms with Crippen molar-refractivity contribution < 1.29 is 8.42 Å². The Morgan fingerprint density at radius 2 is 2.00 bits per heavy atom. The van der Waals surface area contributed by atoms with Crippen LogP contribution in [0.2, 0.25) is 5.15 Å². The minimum atomic E-state index is -3.76. The van der Waals surface area contributed by atoms with Crippen molar-refractivity contribution >= 4 is 33.0 Å². The molecule has 5 nitrogen and oxygen atoms in total. The van der Waals surface area contributed by atoms with Gasteiger partial charge in [0, 0.05) is 11.9 Å². The van der Waals surface area contributed by atoms with Crippen LogP contribution in [0.15, 0.2) is 35.4 Å². The zero-order valence-corrected chi connectivity index (χ0v) is 12.6. The van der Waals surface area contributed by atoms with E-state index in [1.807, 2.05) is 0 Å². The molecule has 1 aromatic carbocycles.